The van der Waals surface area contributed by atoms with Gasteiger partial charge < -0.3 is 24.7 Å². The summed E-state index contributed by atoms with van der Waals surface area (Å²) < 4.78 is 6.10. The molecule has 0 bridgehead atoms. The van der Waals surface area contributed by atoms with Crippen molar-refractivity contribution in [2.45, 2.75) is 26.3 Å². The molecule has 1 aliphatic rings. The highest BCUT2D eigenvalue weighted by molar-refractivity contribution is 5.97. The summed E-state index contributed by atoms with van der Waals surface area (Å²) in [4.78, 5) is 21.9. The lowest BCUT2D eigenvalue weighted by Crippen LogP contribution is -2.57. The van der Waals surface area contributed by atoms with Crippen LogP contribution in [0.25, 0.3) is 33.7 Å². The van der Waals surface area contributed by atoms with E-state index >= 15 is 0 Å². The van der Waals surface area contributed by atoms with Crippen molar-refractivity contribution >= 4 is 22.6 Å². The van der Waals surface area contributed by atoms with E-state index < -0.39 is 5.97 Å². The van der Waals surface area contributed by atoms with Crippen LogP contribution in [-0.4, -0.2) is 46.2 Å². The predicted octanol–water partition coefficient (Wildman–Crippen LogP) is 4.68. The first-order chi connectivity index (χ1) is 15.3. The standard InChI is InChI=1S/C25H26N4O3/c1-15-4-9-19-18(10-11-26-19)20(15)23-28-21(24(30)31)22(32-23)16-5-7-17(8-6-16)29-13-12-27-25(2,3)14-29/h4-11,26-27H,12-14H2,1-3H3,(H,30,31). The number of aryl methyl sites for hydroxylation is 1. The number of oxazole rings is 1. The van der Waals surface area contributed by atoms with Gasteiger partial charge in [0.25, 0.3) is 0 Å². The van der Waals surface area contributed by atoms with Crippen molar-refractivity contribution in [1.82, 2.24) is 15.3 Å². The normalized spacial score (nSPS) is 15.9. The monoisotopic (exact) mass is 430 g/mol. The Bertz CT molecular complexity index is 1300. The minimum atomic E-state index is -1.11. The number of carbonyl (C=O) groups is 1. The number of benzene rings is 2. The van der Waals surface area contributed by atoms with E-state index in [1.807, 2.05) is 55.6 Å². The average molecular weight is 431 g/mol. The lowest BCUT2D eigenvalue weighted by molar-refractivity contribution is 0.0691. The largest absolute Gasteiger partial charge is 0.476 e. The Hall–Kier alpha value is -3.58. The zero-order valence-corrected chi connectivity index (χ0v) is 18.4. The molecule has 1 aliphatic heterocycles. The number of nitrogens with zero attached hydrogens (tertiary/aromatic N) is 2. The third kappa shape index (κ3) is 3.54. The van der Waals surface area contributed by atoms with Crippen LogP contribution in [0.3, 0.4) is 0 Å². The molecule has 4 aromatic rings. The van der Waals surface area contributed by atoms with Crippen LogP contribution in [0.15, 0.2) is 53.1 Å². The van der Waals surface area contributed by atoms with Crippen molar-refractivity contribution in [2.75, 3.05) is 24.5 Å². The van der Waals surface area contributed by atoms with E-state index in [0.717, 1.165) is 47.4 Å². The maximum Gasteiger partial charge on any atom is 0.358 e. The van der Waals surface area contributed by atoms with Gasteiger partial charge in [-0.05, 0) is 62.7 Å². The van der Waals surface area contributed by atoms with Gasteiger partial charge in [-0.2, -0.15) is 0 Å². The molecular weight excluding hydrogens is 404 g/mol. The number of aromatic nitrogens is 2. The second-order valence-corrected chi connectivity index (χ2v) is 8.98. The molecule has 7 nitrogen and oxygen atoms in total. The second-order valence-electron chi connectivity index (χ2n) is 8.98. The first-order valence-corrected chi connectivity index (χ1v) is 10.7. The molecule has 2 aromatic carbocycles. The van der Waals surface area contributed by atoms with Gasteiger partial charge in [-0.1, -0.05) is 6.07 Å². The van der Waals surface area contributed by atoms with Crippen LogP contribution in [0.5, 0.6) is 0 Å². The highest BCUT2D eigenvalue weighted by atomic mass is 16.4. The molecule has 3 N–H and O–H groups in total. The Balaban J connectivity index is 1.54. The molecule has 0 amide bonds. The highest BCUT2D eigenvalue weighted by Crippen LogP contribution is 2.36. The molecule has 0 spiro atoms. The fraction of sp³-hybridized carbons (Fsp3) is 0.280. The number of carboxylic acid groups (broad SMARTS) is 1. The fourth-order valence-electron chi connectivity index (χ4n) is 4.48. The smallest absolute Gasteiger partial charge is 0.358 e. The topological polar surface area (TPSA) is 94.4 Å². The van der Waals surface area contributed by atoms with Gasteiger partial charge in [0, 0.05) is 59.1 Å². The summed E-state index contributed by atoms with van der Waals surface area (Å²) in [6, 6.07) is 13.8. The molecule has 2 aromatic heterocycles. The number of piperazine rings is 1. The zero-order chi connectivity index (χ0) is 22.5. The van der Waals surface area contributed by atoms with Gasteiger partial charge in [-0.15, -0.1) is 0 Å². The Labute approximate surface area is 186 Å². The molecule has 164 valence electrons. The number of aromatic amines is 1. The zero-order valence-electron chi connectivity index (χ0n) is 18.4. The molecule has 0 atom stereocenters. The van der Waals surface area contributed by atoms with Crippen molar-refractivity contribution in [2.24, 2.45) is 0 Å². The Morgan fingerprint density at radius 2 is 1.94 bits per heavy atom. The van der Waals surface area contributed by atoms with E-state index in [9.17, 15) is 9.90 Å². The molecule has 3 heterocycles. The van der Waals surface area contributed by atoms with Crippen molar-refractivity contribution < 1.29 is 14.3 Å². The van der Waals surface area contributed by atoms with Crippen molar-refractivity contribution in [3.8, 4) is 22.8 Å². The maximum atomic E-state index is 12.0. The van der Waals surface area contributed by atoms with Gasteiger partial charge in [-0.3, -0.25) is 0 Å². The lowest BCUT2D eigenvalue weighted by Gasteiger charge is -2.40. The average Bonchev–Trinajstić information content (AvgIpc) is 3.40. The number of carboxylic acids is 1. The van der Waals surface area contributed by atoms with Crippen LogP contribution in [-0.2, 0) is 0 Å². The summed E-state index contributed by atoms with van der Waals surface area (Å²) in [5, 5.41) is 14.3. The second kappa shape index (κ2) is 7.53. The van der Waals surface area contributed by atoms with E-state index in [1.165, 1.54) is 0 Å². The van der Waals surface area contributed by atoms with Crippen LogP contribution < -0.4 is 10.2 Å². The van der Waals surface area contributed by atoms with Gasteiger partial charge in [0.1, 0.15) is 0 Å². The molecule has 0 unspecified atom stereocenters. The number of hydrogen-bond acceptors (Lipinski definition) is 5. The molecular formula is C25H26N4O3. The summed E-state index contributed by atoms with van der Waals surface area (Å²) in [7, 11) is 0. The van der Waals surface area contributed by atoms with Gasteiger partial charge >= 0.3 is 5.97 Å². The van der Waals surface area contributed by atoms with Crippen molar-refractivity contribution in [3.05, 3.63) is 59.9 Å². The van der Waals surface area contributed by atoms with Crippen LogP contribution in [0, 0.1) is 6.92 Å². The third-order valence-electron chi connectivity index (χ3n) is 6.05. The quantitative estimate of drug-likeness (QED) is 0.435. The summed E-state index contributed by atoms with van der Waals surface area (Å²) in [5.74, 6) is -0.526. The first kappa shape index (κ1) is 20.3. The molecule has 0 aliphatic carbocycles. The van der Waals surface area contributed by atoms with E-state index in [-0.39, 0.29) is 17.0 Å². The number of hydrogen-bond donors (Lipinski definition) is 3. The van der Waals surface area contributed by atoms with E-state index in [2.05, 4.69) is 34.0 Å². The number of nitrogens with one attached hydrogen (secondary N) is 2. The van der Waals surface area contributed by atoms with Crippen LogP contribution >= 0.6 is 0 Å². The first-order valence-electron chi connectivity index (χ1n) is 10.7. The van der Waals surface area contributed by atoms with Crippen molar-refractivity contribution in [1.29, 1.82) is 0 Å². The number of anilines is 1. The van der Waals surface area contributed by atoms with E-state index in [4.69, 9.17) is 4.42 Å². The van der Waals surface area contributed by atoms with Gasteiger partial charge in [-0.25, -0.2) is 9.78 Å². The SMILES string of the molecule is Cc1ccc2[nH]ccc2c1-c1nc(C(=O)O)c(-c2ccc(N3CCNC(C)(C)C3)cc2)o1. The Kier molecular flexibility index (Phi) is 4.78. The number of rotatable bonds is 4. The molecule has 0 radical (unpaired) electrons. The van der Waals surface area contributed by atoms with Crippen LogP contribution in [0.4, 0.5) is 5.69 Å². The lowest BCUT2D eigenvalue weighted by atomic mass is 10.0. The van der Waals surface area contributed by atoms with Gasteiger partial charge in [0.15, 0.2) is 11.5 Å². The van der Waals surface area contributed by atoms with Crippen LogP contribution in [0.1, 0.15) is 29.9 Å². The van der Waals surface area contributed by atoms with E-state index in [0.29, 0.717) is 11.5 Å². The van der Waals surface area contributed by atoms with Gasteiger partial charge in [0.05, 0.1) is 0 Å². The minimum Gasteiger partial charge on any atom is -0.476 e. The number of fused-ring (bicyclic) bond motifs is 1. The number of aromatic carboxylic acids is 1. The molecule has 5 rings (SSSR count). The summed E-state index contributed by atoms with van der Waals surface area (Å²) in [6.45, 7) is 9.10. The highest BCUT2D eigenvalue weighted by Gasteiger charge is 2.27. The van der Waals surface area contributed by atoms with E-state index in [1.54, 1.807) is 0 Å². The molecule has 7 heteroatoms. The summed E-state index contributed by atoms with van der Waals surface area (Å²) >= 11 is 0. The molecule has 1 fully saturated rings. The fourth-order valence-corrected chi connectivity index (χ4v) is 4.48. The van der Waals surface area contributed by atoms with Gasteiger partial charge in [0.2, 0.25) is 5.89 Å². The van der Waals surface area contributed by atoms with Crippen LogP contribution in [0.2, 0.25) is 0 Å². The summed E-state index contributed by atoms with van der Waals surface area (Å²) in [5.41, 5.74) is 4.49. The molecule has 1 saturated heterocycles. The third-order valence-corrected chi connectivity index (χ3v) is 6.05. The Morgan fingerprint density at radius 3 is 2.66 bits per heavy atom. The molecule has 0 saturated carbocycles. The predicted molar refractivity (Wildman–Crippen MR) is 125 cm³/mol. The number of H-pyrrole nitrogens is 1. The maximum absolute atomic E-state index is 12.0. The summed E-state index contributed by atoms with van der Waals surface area (Å²) in [6.07, 6.45) is 1.85. The minimum absolute atomic E-state index is 0.0460. The van der Waals surface area contributed by atoms with Crippen molar-refractivity contribution in [3.63, 3.8) is 0 Å². The Morgan fingerprint density at radius 1 is 1.16 bits per heavy atom. The molecule has 32 heavy (non-hydrogen) atoms.